The van der Waals surface area contributed by atoms with Gasteiger partial charge in [0.2, 0.25) is 0 Å². The van der Waals surface area contributed by atoms with Crippen molar-refractivity contribution >= 4 is 58.2 Å². The van der Waals surface area contributed by atoms with Crippen LogP contribution >= 0.6 is 58.2 Å². The Balaban J connectivity index is -0.000000200. The molecule has 0 N–H and O–H groups in total. The van der Waals surface area contributed by atoms with Crippen LogP contribution < -0.4 is 0 Å². The third-order valence-corrected chi connectivity index (χ3v) is 5.83. The van der Waals surface area contributed by atoms with E-state index >= 15 is 0 Å². The van der Waals surface area contributed by atoms with E-state index in [1.54, 1.807) is 0 Å². The molecule has 0 fully saturated rings. The summed E-state index contributed by atoms with van der Waals surface area (Å²) in [6, 6.07) is 0. The van der Waals surface area contributed by atoms with Crippen molar-refractivity contribution in [1.29, 1.82) is 0 Å². The van der Waals surface area contributed by atoms with Crippen LogP contribution in [0.2, 0.25) is 0 Å². The van der Waals surface area contributed by atoms with Gasteiger partial charge in [0, 0.05) is 21.7 Å². The zero-order valence-corrected chi connectivity index (χ0v) is 23.2. The summed E-state index contributed by atoms with van der Waals surface area (Å²) in [5.41, 5.74) is 0. The van der Waals surface area contributed by atoms with Gasteiger partial charge in [-0.1, -0.05) is 104 Å². The molecule has 0 aromatic rings. The van der Waals surface area contributed by atoms with Crippen molar-refractivity contribution in [3.05, 3.63) is 0 Å². The quantitative estimate of drug-likeness (QED) is 0.0983. The van der Waals surface area contributed by atoms with E-state index in [9.17, 15) is 0 Å². The van der Waals surface area contributed by atoms with E-state index in [0.717, 1.165) is 0 Å². The summed E-state index contributed by atoms with van der Waals surface area (Å²) < 4.78 is 0. The van der Waals surface area contributed by atoms with Gasteiger partial charge in [-0.3, -0.25) is 0 Å². The van der Waals surface area contributed by atoms with Crippen molar-refractivity contribution in [3.63, 3.8) is 0 Å². The van der Waals surface area contributed by atoms with Crippen LogP contribution in [0.15, 0.2) is 0 Å². The van der Waals surface area contributed by atoms with Crippen LogP contribution in [0.3, 0.4) is 0 Å². The van der Waals surface area contributed by atoms with Gasteiger partial charge in [0.15, 0.2) is 0 Å². The molecule has 0 aromatic heterocycles. The van der Waals surface area contributed by atoms with Gasteiger partial charge in [-0.25, -0.2) is 0 Å². The minimum absolute atomic E-state index is 0. The molecule has 1 atom stereocenters. The van der Waals surface area contributed by atoms with E-state index in [1.165, 1.54) is 124 Å². The number of rotatable bonds is 18. The monoisotopic (exact) mass is 506 g/mol. The molecule has 0 heterocycles. The molecule has 0 amide bonds. The summed E-state index contributed by atoms with van der Waals surface area (Å²) in [6.45, 7) is 4.60. The molecule has 0 spiro atoms. The fourth-order valence-electron chi connectivity index (χ4n) is 2.89. The maximum atomic E-state index is 2.30. The molecule has 0 bridgehead atoms. The molecule has 0 aliphatic heterocycles. The number of unbranched alkanes of at least 4 members (excludes halogenated alkanes) is 14. The standard InChI is InChI=1S/C20H43P.4ClH.Ti/c1-3-5-7-9-10-11-12-13-14-15-16-18-20-21-19-17-8-6-4-2;;;;;/h21H,3-20H2,1-2H3;4*1H;. The van der Waals surface area contributed by atoms with Gasteiger partial charge in [0.1, 0.15) is 0 Å². The van der Waals surface area contributed by atoms with Crippen molar-refractivity contribution in [1.82, 2.24) is 0 Å². The smallest absolute Gasteiger partial charge is 0 e. The molecule has 0 aromatic carbocycles. The molecular weight excluding hydrogens is 461 g/mol. The van der Waals surface area contributed by atoms with E-state index in [2.05, 4.69) is 13.8 Å². The SMILES string of the molecule is CCCCCCCCCCCCCCPCCCCCC.Cl.Cl.Cl.Cl.[Ti]. The first-order chi connectivity index (χ1) is 10.4. The molecule has 26 heavy (non-hydrogen) atoms. The normalized spacial score (nSPS) is 9.46. The molecular formula is C20H47Cl4PTi. The van der Waals surface area contributed by atoms with Gasteiger partial charge in [-0.2, -0.15) is 0 Å². The zero-order valence-electron chi connectivity index (χ0n) is 17.4. The van der Waals surface area contributed by atoms with Crippen LogP contribution in [0, 0.1) is 0 Å². The fourth-order valence-corrected chi connectivity index (χ4v) is 4.14. The molecule has 0 saturated heterocycles. The van der Waals surface area contributed by atoms with Crippen molar-refractivity contribution in [2.75, 3.05) is 12.3 Å². The number of hydrogen-bond acceptors (Lipinski definition) is 0. The minimum atomic E-state index is 0. The van der Waals surface area contributed by atoms with Gasteiger partial charge in [0.25, 0.3) is 0 Å². The Morgan fingerprint density at radius 2 is 0.615 bits per heavy atom. The Labute approximate surface area is 207 Å². The number of hydrogen-bond donors (Lipinski definition) is 0. The summed E-state index contributed by atoms with van der Waals surface area (Å²) in [5, 5.41) is 0. The minimum Gasteiger partial charge on any atom is -0.147 e. The second-order valence-electron chi connectivity index (χ2n) is 6.70. The first-order valence-electron chi connectivity index (χ1n) is 10.1. The van der Waals surface area contributed by atoms with Gasteiger partial charge in [0.05, 0.1) is 0 Å². The average Bonchev–Trinajstić information content (AvgIpc) is 2.50. The van der Waals surface area contributed by atoms with Crippen LogP contribution in [0.5, 0.6) is 0 Å². The maximum Gasteiger partial charge on any atom is 0 e. The molecule has 6 heteroatoms. The van der Waals surface area contributed by atoms with Crippen molar-refractivity contribution in [2.45, 2.75) is 117 Å². The molecule has 0 nitrogen and oxygen atoms in total. The molecule has 0 aliphatic rings. The summed E-state index contributed by atoms with van der Waals surface area (Å²) in [6.07, 6.45) is 26.5. The van der Waals surface area contributed by atoms with E-state index in [1.807, 2.05) is 0 Å². The third-order valence-electron chi connectivity index (χ3n) is 4.41. The fraction of sp³-hybridized carbons (Fsp3) is 1.00. The average molecular weight is 508 g/mol. The van der Waals surface area contributed by atoms with Gasteiger partial charge >= 0.3 is 0 Å². The van der Waals surface area contributed by atoms with Crippen molar-refractivity contribution < 1.29 is 21.7 Å². The van der Waals surface area contributed by atoms with Crippen LogP contribution in [-0.2, 0) is 21.7 Å². The Kier molecular flexibility index (Phi) is 67.9. The molecule has 0 aliphatic carbocycles. The zero-order chi connectivity index (χ0) is 15.4. The second-order valence-corrected chi connectivity index (χ2v) is 8.20. The van der Waals surface area contributed by atoms with E-state index in [0.29, 0.717) is 0 Å². The summed E-state index contributed by atoms with van der Waals surface area (Å²) in [4.78, 5) is 0. The first-order valence-corrected chi connectivity index (χ1v) is 11.5. The van der Waals surface area contributed by atoms with Gasteiger partial charge in [-0.05, 0) is 25.2 Å². The number of halogens is 4. The van der Waals surface area contributed by atoms with Crippen LogP contribution in [0.4, 0.5) is 0 Å². The Morgan fingerprint density at radius 1 is 0.385 bits per heavy atom. The molecule has 0 saturated carbocycles. The Morgan fingerprint density at radius 3 is 0.923 bits per heavy atom. The van der Waals surface area contributed by atoms with E-state index in [-0.39, 0.29) is 71.3 Å². The Hall–Kier alpha value is 2.30. The molecule has 0 radical (unpaired) electrons. The second kappa shape index (κ2) is 41.6. The third kappa shape index (κ3) is 40.9. The van der Waals surface area contributed by atoms with Gasteiger partial charge in [-0.15, -0.1) is 58.2 Å². The summed E-state index contributed by atoms with van der Waals surface area (Å²) in [5.74, 6) is 0. The first kappa shape index (κ1) is 42.4. The summed E-state index contributed by atoms with van der Waals surface area (Å²) in [7, 11) is 1.26. The van der Waals surface area contributed by atoms with E-state index in [4.69, 9.17) is 0 Å². The van der Waals surface area contributed by atoms with Gasteiger partial charge < -0.3 is 0 Å². The Bertz CT molecular complexity index is 171. The molecule has 164 valence electrons. The topological polar surface area (TPSA) is 0 Å². The predicted octanol–water partition coefficient (Wildman–Crippen LogP) is 9.63. The largest absolute Gasteiger partial charge is 0.147 e. The van der Waals surface area contributed by atoms with Crippen LogP contribution in [-0.4, -0.2) is 12.3 Å². The van der Waals surface area contributed by atoms with Crippen LogP contribution in [0.25, 0.3) is 0 Å². The molecule has 1 unspecified atom stereocenters. The van der Waals surface area contributed by atoms with E-state index < -0.39 is 0 Å². The van der Waals surface area contributed by atoms with Crippen LogP contribution in [0.1, 0.15) is 117 Å². The predicted molar refractivity (Wildman–Crippen MR) is 132 cm³/mol. The molecule has 0 rings (SSSR count). The van der Waals surface area contributed by atoms with Crippen molar-refractivity contribution in [2.24, 2.45) is 0 Å². The maximum absolute atomic E-state index is 2.30. The summed E-state index contributed by atoms with van der Waals surface area (Å²) >= 11 is 0. The van der Waals surface area contributed by atoms with Crippen molar-refractivity contribution in [3.8, 4) is 0 Å².